The zero-order valence-corrected chi connectivity index (χ0v) is 15.7. The molecule has 2 fully saturated rings. The number of hydrogen-bond acceptors (Lipinski definition) is 6. The van der Waals surface area contributed by atoms with Crippen molar-refractivity contribution >= 4 is 17.6 Å². The molecular formula is C18H27N5O3. The number of amides is 2. The maximum atomic E-state index is 12.5. The molecule has 1 aromatic heterocycles. The summed E-state index contributed by atoms with van der Waals surface area (Å²) in [5.74, 6) is 0.534. The molecule has 0 aromatic carbocycles. The third-order valence-electron chi connectivity index (χ3n) is 4.38. The molecule has 2 saturated heterocycles. The number of carbonyl (C=O) groups excluding carboxylic acids is 2. The predicted molar refractivity (Wildman–Crippen MR) is 96.8 cm³/mol. The van der Waals surface area contributed by atoms with Crippen LogP contribution in [0.25, 0.3) is 0 Å². The molecule has 1 N–H and O–H groups in total. The minimum atomic E-state index is -0.138. The maximum absolute atomic E-state index is 12.5. The summed E-state index contributed by atoms with van der Waals surface area (Å²) >= 11 is 0. The lowest BCUT2D eigenvalue weighted by Crippen LogP contribution is -2.41. The van der Waals surface area contributed by atoms with E-state index in [-0.39, 0.29) is 23.3 Å². The summed E-state index contributed by atoms with van der Waals surface area (Å²) in [5.41, 5.74) is 0.377. The van der Waals surface area contributed by atoms with Crippen LogP contribution in [0.4, 0.5) is 5.82 Å². The van der Waals surface area contributed by atoms with E-state index in [2.05, 4.69) is 36.1 Å². The highest BCUT2D eigenvalue weighted by Gasteiger charge is 2.32. The van der Waals surface area contributed by atoms with Crippen molar-refractivity contribution in [1.82, 2.24) is 19.8 Å². The molecule has 8 nitrogen and oxygen atoms in total. The third-order valence-corrected chi connectivity index (χ3v) is 4.38. The van der Waals surface area contributed by atoms with Crippen LogP contribution in [0.2, 0.25) is 0 Å². The van der Waals surface area contributed by atoms with Crippen LogP contribution < -0.4 is 5.32 Å². The van der Waals surface area contributed by atoms with Crippen molar-refractivity contribution in [2.75, 3.05) is 44.7 Å². The average Bonchev–Trinajstić information content (AvgIpc) is 2.92. The molecule has 0 bridgehead atoms. The quantitative estimate of drug-likeness (QED) is 0.861. The SMILES string of the molecule is CC(C)(C)CN1CC(Nc2cncc(C(=O)N3CCOCC3)n2)CC1=O. The van der Waals surface area contributed by atoms with Gasteiger partial charge in [0.25, 0.3) is 5.91 Å². The molecule has 1 aromatic rings. The van der Waals surface area contributed by atoms with Gasteiger partial charge < -0.3 is 19.9 Å². The second-order valence-corrected chi connectivity index (χ2v) is 8.07. The van der Waals surface area contributed by atoms with Gasteiger partial charge in [-0.1, -0.05) is 20.8 Å². The number of rotatable bonds is 4. The fraction of sp³-hybridized carbons (Fsp3) is 0.667. The van der Waals surface area contributed by atoms with E-state index in [1.807, 2.05) is 4.90 Å². The zero-order chi connectivity index (χ0) is 18.7. The minimum Gasteiger partial charge on any atom is -0.378 e. The van der Waals surface area contributed by atoms with Crippen molar-refractivity contribution in [1.29, 1.82) is 0 Å². The van der Waals surface area contributed by atoms with Crippen LogP contribution in [0, 0.1) is 5.41 Å². The molecule has 0 aliphatic carbocycles. The van der Waals surface area contributed by atoms with Gasteiger partial charge in [0.2, 0.25) is 5.91 Å². The summed E-state index contributed by atoms with van der Waals surface area (Å²) in [4.78, 5) is 36.9. The Morgan fingerprint density at radius 3 is 2.73 bits per heavy atom. The predicted octanol–water partition coefficient (Wildman–Crippen LogP) is 1.01. The number of ether oxygens (including phenoxy) is 1. The van der Waals surface area contributed by atoms with Crippen LogP contribution in [0.3, 0.4) is 0 Å². The van der Waals surface area contributed by atoms with Crippen molar-refractivity contribution in [3.63, 3.8) is 0 Å². The first kappa shape index (κ1) is 18.6. The lowest BCUT2D eigenvalue weighted by molar-refractivity contribution is -0.128. The molecule has 2 aliphatic rings. The Kier molecular flexibility index (Phi) is 5.41. The van der Waals surface area contributed by atoms with Crippen molar-refractivity contribution < 1.29 is 14.3 Å². The van der Waals surface area contributed by atoms with Gasteiger partial charge in [0.05, 0.1) is 31.6 Å². The smallest absolute Gasteiger partial charge is 0.274 e. The number of nitrogens with one attached hydrogen (secondary N) is 1. The monoisotopic (exact) mass is 361 g/mol. The Bertz CT molecular complexity index is 667. The Morgan fingerprint density at radius 2 is 2.04 bits per heavy atom. The van der Waals surface area contributed by atoms with Gasteiger partial charge in [-0.25, -0.2) is 4.98 Å². The van der Waals surface area contributed by atoms with Gasteiger partial charge in [-0.15, -0.1) is 0 Å². The fourth-order valence-electron chi connectivity index (χ4n) is 3.27. The molecular weight excluding hydrogens is 334 g/mol. The molecule has 26 heavy (non-hydrogen) atoms. The topological polar surface area (TPSA) is 87.7 Å². The van der Waals surface area contributed by atoms with E-state index in [9.17, 15) is 9.59 Å². The van der Waals surface area contributed by atoms with Gasteiger partial charge in [-0.05, 0) is 5.41 Å². The molecule has 3 heterocycles. The largest absolute Gasteiger partial charge is 0.378 e. The summed E-state index contributed by atoms with van der Waals surface area (Å²) in [5, 5.41) is 3.25. The van der Waals surface area contributed by atoms with E-state index in [0.717, 1.165) is 6.54 Å². The van der Waals surface area contributed by atoms with E-state index < -0.39 is 0 Å². The molecule has 2 amide bonds. The van der Waals surface area contributed by atoms with Crippen LogP contribution >= 0.6 is 0 Å². The molecule has 0 spiro atoms. The van der Waals surface area contributed by atoms with E-state index >= 15 is 0 Å². The number of anilines is 1. The first-order valence-corrected chi connectivity index (χ1v) is 9.05. The summed E-state index contributed by atoms with van der Waals surface area (Å²) < 4.78 is 5.27. The number of nitrogens with zero attached hydrogens (tertiary/aromatic N) is 4. The van der Waals surface area contributed by atoms with Gasteiger partial charge in [0, 0.05) is 32.6 Å². The highest BCUT2D eigenvalue weighted by atomic mass is 16.5. The molecule has 3 rings (SSSR count). The van der Waals surface area contributed by atoms with Gasteiger partial charge in [-0.3, -0.25) is 14.6 Å². The maximum Gasteiger partial charge on any atom is 0.274 e. The van der Waals surface area contributed by atoms with Crippen LogP contribution in [0.1, 0.15) is 37.7 Å². The zero-order valence-electron chi connectivity index (χ0n) is 15.7. The summed E-state index contributed by atoms with van der Waals surface area (Å²) in [6.45, 7) is 9.95. The minimum absolute atomic E-state index is 0.0205. The van der Waals surface area contributed by atoms with E-state index in [0.29, 0.717) is 50.8 Å². The van der Waals surface area contributed by atoms with Crippen molar-refractivity contribution in [2.24, 2.45) is 5.41 Å². The normalized spacial score (nSPS) is 21.2. The summed E-state index contributed by atoms with van der Waals surface area (Å²) in [7, 11) is 0. The standard InChI is InChI=1S/C18H27N5O3/c1-18(2,3)12-23-11-13(8-16(23)24)20-15-10-19-9-14(21-15)17(25)22-4-6-26-7-5-22/h9-10,13H,4-8,11-12H2,1-3H3,(H,20,21). The highest BCUT2D eigenvalue weighted by molar-refractivity contribution is 5.92. The van der Waals surface area contributed by atoms with Crippen molar-refractivity contribution in [3.05, 3.63) is 18.1 Å². The van der Waals surface area contributed by atoms with E-state index in [4.69, 9.17) is 4.74 Å². The molecule has 142 valence electrons. The second kappa shape index (κ2) is 7.57. The van der Waals surface area contributed by atoms with E-state index in [1.165, 1.54) is 6.20 Å². The first-order chi connectivity index (χ1) is 12.3. The Labute approximate surface area is 153 Å². The Hall–Kier alpha value is -2.22. The lowest BCUT2D eigenvalue weighted by atomic mass is 9.96. The Balaban J connectivity index is 1.62. The second-order valence-electron chi connectivity index (χ2n) is 8.07. The van der Waals surface area contributed by atoms with Gasteiger partial charge >= 0.3 is 0 Å². The molecule has 1 unspecified atom stereocenters. The van der Waals surface area contributed by atoms with Crippen molar-refractivity contribution in [3.8, 4) is 0 Å². The number of hydrogen-bond donors (Lipinski definition) is 1. The highest BCUT2D eigenvalue weighted by Crippen LogP contribution is 2.22. The van der Waals surface area contributed by atoms with Crippen LogP contribution in [0.5, 0.6) is 0 Å². The number of morpholine rings is 1. The Morgan fingerprint density at radius 1 is 1.31 bits per heavy atom. The molecule has 0 radical (unpaired) electrons. The number of likely N-dealkylation sites (tertiary alicyclic amines) is 1. The number of aromatic nitrogens is 2. The van der Waals surface area contributed by atoms with Crippen LogP contribution in [0.15, 0.2) is 12.4 Å². The average molecular weight is 361 g/mol. The first-order valence-electron chi connectivity index (χ1n) is 9.05. The van der Waals surface area contributed by atoms with E-state index in [1.54, 1.807) is 11.1 Å². The van der Waals surface area contributed by atoms with Crippen LogP contribution in [-0.4, -0.2) is 77.0 Å². The van der Waals surface area contributed by atoms with Gasteiger partial charge in [0.1, 0.15) is 11.5 Å². The molecule has 8 heteroatoms. The van der Waals surface area contributed by atoms with Gasteiger partial charge in [-0.2, -0.15) is 0 Å². The third kappa shape index (κ3) is 4.69. The van der Waals surface area contributed by atoms with Crippen LogP contribution in [-0.2, 0) is 9.53 Å². The lowest BCUT2D eigenvalue weighted by Gasteiger charge is -2.27. The summed E-state index contributed by atoms with van der Waals surface area (Å²) in [6.07, 6.45) is 3.50. The number of carbonyl (C=O) groups is 2. The molecule has 1 atom stereocenters. The summed E-state index contributed by atoms with van der Waals surface area (Å²) in [6, 6.07) is -0.0205. The van der Waals surface area contributed by atoms with Crippen molar-refractivity contribution in [2.45, 2.75) is 33.2 Å². The fourth-order valence-corrected chi connectivity index (χ4v) is 3.27. The van der Waals surface area contributed by atoms with Gasteiger partial charge in [0.15, 0.2) is 0 Å². The molecule has 0 saturated carbocycles. The molecule has 2 aliphatic heterocycles.